The zero-order valence-electron chi connectivity index (χ0n) is 10.9. The summed E-state index contributed by atoms with van der Waals surface area (Å²) in [6.45, 7) is 0. The summed E-state index contributed by atoms with van der Waals surface area (Å²) in [6, 6.07) is 6.63. The number of nitrogens with one attached hydrogen (secondary N) is 1. The van der Waals surface area contributed by atoms with Crippen molar-refractivity contribution in [3.63, 3.8) is 0 Å². The quantitative estimate of drug-likeness (QED) is 0.941. The third kappa shape index (κ3) is 2.53. The van der Waals surface area contributed by atoms with Crippen LogP contribution in [-0.4, -0.2) is 18.2 Å². The van der Waals surface area contributed by atoms with Gasteiger partial charge < -0.3 is 0 Å². The molecule has 0 amide bonds. The maximum Gasteiger partial charge on any atom is 0.263 e. The molecule has 0 spiro atoms. The summed E-state index contributed by atoms with van der Waals surface area (Å²) in [5.41, 5.74) is 0.893. The molecule has 0 bridgehead atoms. The lowest BCUT2D eigenvalue weighted by Crippen LogP contribution is -2.15. The van der Waals surface area contributed by atoms with Crippen molar-refractivity contribution in [3.8, 4) is 0 Å². The number of hydrogen-bond donors (Lipinski definition) is 1. The predicted molar refractivity (Wildman–Crippen MR) is 72.4 cm³/mol. The average molecular weight is 295 g/mol. The monoisotopic (exact) mass is 295 g/mol. The summed E-state index contributed by atoms with van der Waals surface area (Å²) in [5.74, 6) is 0.237. The predicted octanol–water partition coefficient (Wildman–Crippen LogP) is 2.24. The van der Waals surface area contributed by atoms with E-state index in [1.54, 1.807) is 13.1 Å². The Morgan fingerprint density at radius 2 is 2.10 bits per heavy atom. The zero-order chi connectivity index (χ0) is 14.3. The Hall–Kier alpha value is -1.89. The van der Waals surface area contributed by atoms with E-state index in [0.717, 1.165) is 24.6 Å². The van der Waals surface area contributed by atoms with Gasteiger partial charge in [0.05, 0.1) is 10.6 Å². The number of aromatic nitrogens is 2. The van der Waals surface area contributed by atoms with Crippen LogP contribution in [0.2, 0.25) is 0 Å². The number of hydrogen-bond acceptors (Lipinski definition) is 3. The van der Waals surface area contributed by atoms with Gasteiger partial charge in [-0.05, 0) is 31.0 Å². The topological polar surface area (TPSA) is 64.0 Å². The van der Waals surface area contributed by atoms with Gasteiger partial charge in [-0.1, -0.05) is 6.07 Å². The van der Waals surface area contributed by atoms with E-state index in [0.29, 0.717) is 11.7 Å². The van der Waals surface area contributed by atoms with Gasteiger partial charge in [0, 0.05) is 19.0 Å². The van der Waals surface area contributed by atoms with E-state index in [9.17, 15) is 12.8 Å². The molecule has 106 valence electrons. The summed E-state index contributed by atoms with van der Waals surface area (Å²) >= 11 is 0. The number of aryl methyl sites for hydroxylation is 1. The van der Waals surface area contributed by atoms with Gasteiger partial charge in [0.25, 0.3) is 10.0 Å². The third-order valence-electron chi connectivity index (χ3n) is 3.24. The summed E-state index contributed by atoms with van der Waals surface area (Å²) in [7, 11) is -2.13. The van der Waals surface area contributed by atoms with E-state index in [2.05, 4.69) is 9.82 Å². The minimum atomic E-state index is -3.80. The van der Waals surface area contributed by atoms with Crippen molar-refractivity contribution in [1.29, 1.82) is 0 Å². The molecule has 1 aromatic carbocycles. The second-order valence-electron chi connectivity index (χ2n) is 4.92. The second kappa shape index (κ2) is 4.59. The molecule has 20 heavy (non-hydrogen) atoms. The van der Waals surface area contributed by atoms with Crippen LogP contribution in [0, 0.1) is 5.82 Å². The Kier molecular flexibility index (Phi) is 3.01. The number of rotatable bonds is 4. The largest absolute Gasteiger partial charge is 0.264 e. The third-order valence-corrected chi connectivity index (χ3v) is 4.59. The molecule has 1 saturated carbocycles. The minimum absolute atomic E-state index is 0.105. The van der Waals surface area contributed by atoms with E-state index >= 15 is 0 Å². The molecule has 3 rings (SSSR count). The normalized spacial score (nSPS) is 15.3. The van der Waals surface area contributed by atoms with Gasteiger partial charge in [-0.2, -0.15) is 5.10 Å². The first kappa shape index (κ1) is 13.1. The molecule has 0 radical (unpaired) electrons. The lowest BCUT2D eigenvalue weighted by Gasteiger charge is -2.07. The van der Waals surface area contributed by atoms with Crippen LogP contribution in [0.25, 0.3) is 0 Å². The van der Waals surface area contributed by atoms with Gasteiger partial charge in [-0.3, -0.25) is 9.40 Å². The van der Waals surface area contributed by atoms with Crippen molar-refractivity contribution in [1.82, 2.24) is 9.78 Å². The Morgan fingerprint density at radius 3 is 2.75 bits per heavy atom. The first-order valence-corrected chi connectivity index (χ1v) is 7.76. The Bertz CT molecular complexity index is 751. The number of halogens is 1. The first-order valence-electron chi connectivity index (χ1n) is 6.28. The molecule has 1 aromatic heterocycles. The smallest absolute Gasteiger partial charge is 0.263 e. The van der Waals surface area contributed by atoms with Gasteiger partial charge in [0.2, 0.25) is 0 Å². The van der Waals surface area contributed by atoms with Gasteiger partial charge in [0.15, 0.2) is 0 Å². The van der Waals surface area contributed by atoms with Crippen LogP contribution in [0.15, 0.2) is 35.2 Å². The van der Waals surface area contributed by atoms with Gasteiger partial charge >= 0.3 is 0 Å². The van der Waals surface area contributed by atoms with Crippen molar-refractivity contribution in [2.45, 2.75) is 23.7 Å². The summed E-state index contributed by atoms with van der Waals surface area (Å²) in [6.07, 6.45) is 2.18. The molecule has 0 atom stereocenters. The SMILES string of the molecule is Cn1nc(C2CC2)cc1NS(=O)(=O)c1cccc(F)c1. The van der Waals surface area contributed by atoms with E-state index in [1.165, 1.54) is 22.9 Å². The van der Waals surface area contributed by atoms with Gasteiger partial charge in [-0.15, -0.1) is 0 Å². The molecule has 1 heterocycles. The highest BCUT2D eigenvalue weighted by Crippen LogP contribution is 2.40. The number of sulfonamides is 1. The van der Waals surface area contributed by atoms with Crippen molar-refractivity contribution in [3.05, 3.63) is 41.8 Å². The molecule has 5 nitrogen and oxygen atoms in total. The second-order valence-corrected chi connectivity index (χ2v) is 6.60. The van der Waals surface area contributed by atoms with Crippen LogP contribution >= 0.6 is 0 Å². The molecule has 0 saturated heterocycles. The van der Waals surface area contributed by atoms with E-state index in [-0.39, 0.29) is 4.90 Å². The Labute approximate surface area is 116 Å². The van der Waals surface area contributed by atoms with Gasteiger partial charge in [0.1, 0.15) is 11.6 Å². The molecule has 1 fully saturated rings. The minimum Gasteiger partial charge on any atom is -0.264 e. The molecule has 1 aliphatic rings. The molecule has 1 aliphatic carbocycles. The maximum absolute atomic E-state index is 13.1. The zero-order valence-corrected chi connectivity index (χ0v) is 11.7. The van der Waals surface area contributed by atoms with Crippen LogP contribution in [0.3, 0.4) is 0 Å². The van der Waals surface area contributed by atoms with E-state index < -0.39 is 15.8 Å². The molecule has 7 heteroatoms. The van der Waals surface area contributed by atoms with Crippen LogP contribution in [0.5, 0.6) is 0 Å². The van der Waals surface area contributed by atoms with Crippen molar-refractivity contribution >= 4 is 15.8 Å². The first-order chi connectivity index (χ1) is 9.45. The van der Waals surface area contributed by atoms with Crippen LogP contribution in [0.1, 0.15) is 24.5 Å². The van der Waals surface area contributed by atoms with Crippen molar-refractivity contribution < 1.29 is 12.8 Å². The van der Waals surface area contributed by atoms with Crippen molar-refractivity contribution in [2.75, 3.05) is 4.72 Å². The average Bonchev–Trinajstić information content (AvgIpc) is 3.16. The molecule has 2 aromatic rings. The molecular weight excluding hydrogens is 281 g/mol. The van der Waals surface area contributed by atoms with E-state index in [4.69, 9.17) is 0 Å². The molecular formula is C13H14FN3O2S. The lowest BCUT2D eigenvalue weighted by molar-refractivity contribution is 0.594. The molecule has 1 N–H and O–H groups in total. The highest BCUT2D eigenvalue weighted by atomic mass is 32.2. The van der Waals surface area contributed by atoms with Crippen molar-refractivity contribution in [2.24, 2.45) is 7.05 Å². The van der Waals surface area contributed by atoms with Gasteiger partial charge in [-0.25, -0.2) is 12.8 Å². The maximum atomic E-state index is 13.1. The fourth-order valence-corrected chi connectivity index (χ4v) is 3.10. The Morgan fingerprint density at radius 1 is 1.35 bits per heavy atom. The van der Waals surface area contributed by atoms with Crippen LogP contribution in [-0.2, 0) is 17.1 Å². The lowest BCUT2D eigenvalue weighted by atomic mass is 10.3. The summed E-state index contributed by atoms with van der Waals surface area (Å²) < 4.78 is 41.4. The Balaban J connectivity index is 1.89. The summed E-state index contributed by atoms with van der Waals surface area (Å²) in [4.78, 5) is -0.105. The number of nitrogens with zero attached hydrogens (tertiary/aromatic N) is 2. The van der Waals surface area contributed by atoms with Crippen LogP contribution < -0.4 is 4.72 Å². The fourth-order valence-electron chi connectivity index (χ4n) is 1.99. The van der Waals surface area contributed by atoms with E-state index in [1.807, 2.05) is 0 Å². The highest BCUT2D eigenvalue weighted by molar-refractivity contribution is 7.92. The molecule has 0 unspecified atom stereocenters. The van der Waals surface area contributed by atoms with Crippen LogP contribution in [0.4, 0.5) is 10.2 Å². The number of anilines is 1. The standard InChI is InChI=1S/C13H14FN3O2S/c1-17-13(8-12(15-17)9-5-6-9)16-20(18,19)11-4-2-3-10(14)7-11/h2-4,7-9,16H,5-6H2,1H3. The fraction of sp³-hybridized carbons (Fsp3) is 0.308. The summed E-state index contributed by atoms with van der Waals surface area (Å²) in [5, 5.41) is 4.28. The molecule has 0 aliphatic heterocycles. The highest BCUT2D eigenvalue weighted by Gasteiger charge is 2.27. The number of benzene rings is 1.